The topological polar surface area (TPSA) is 49.5 Å². The third kappa shape index (κ3) is 3.97. The molecule has 3 heteroatoms. The van der Waals surface area contributed by atoms with Crippen LogP contribution in [0.4, 0.5) is 0 Å². The number of piperidine rings is 1. The lowest BCUT2D eigenvalue weighted by atomic mass is 9.89. The van der Waals surface area contributed by atoms with Gasteiger partial charge in [0.15, 0.2) is 0 Å². The highest BCUT2D eigenvalue weighted by atomic mass is 16.3. The molecule has 1 heterocycles. The first kappa shape index (κ1) is 15.3. The number of phenols is 1. The maximum absolute atomic E-state index is 9.30. The van der Waals surface area contributed by atoms with Gasteiger partial charge in [-0.3, -0.25) is 0 Å². The fourth-order valence-electron chi connectivity index (χ4n) is 3.13. The zero-order chi connectivity index (χ0) is 14.5. The maximum Gasteiger partial charge on any atom is 0.115 e. The molecule has 1 aliphatic heterocycles. The number of phenolic OH excluding ortho intramolecular Hbond substituents is 1. The first-order valence-corrected chi connectivity index (χ1v) is 7.87. The third-order valence-corrected chi connectivity index (χ3v) is 4.76. The Morgan fingerprint density at radius 3 is 2.70 bits per heavy atom. The fourth-order valence-corrected chi connectivity index (χ4v) is 3.13. The highest BCUT2D eigenvalue weighted by molar-refractivity contribution is 5.25. The van der Waals surface area contributed by atoms with Crippen molar-refractivity contribution in [1.82, 2.24) is 4.90 Å². The molecule has 0 spiro atoms. The first-order valence-electron chi connectivity index (χ1n) is 7.87. The number of likely N-dealkylation sites (tertiary alicyclic amines) is 1. The minimum atomic E-state index is 0.345. The predicted molar refractivity (Wildman–Crippen MR) is 83.8 cm³/mol. The van der Waals surface area contributed by atoms with Crippen LogP contribution < -0.4 is 5.73 Å². The average Bonchev–Trinajstić information content (AvgIpc) is 2.47. The highest BCUT2D eigenvalue weighted by Gasteiger charge is 2.27. The molecular weight excluding hydrogens is 248 g/mol. The van der Waals surface area contributed by atoms with Gasteiger partial charge in [0.05, 0.1) is 0 Å². The van der Waals surface area contributed by atoms with E-state index in [9.17, 15) is 5.11 Å². The van der Waals surface area contributed by atoms with Crippen LogP contribution in [-0.4, -0.2) is 35.2 Å². The standard InChI is InChI=1S/C17H28N2O/c1-3-15-12-19(11-10-17(15)18)13(2)4-5-14-6-8-16(20)9-7-14/h6-9,13,15,17,20H,3-5,10-12,18H2,1-2H3. The molecule has 3 atom stereocenters. The van der Waals surface area contributed by atoms with E-state index in [1.54, 1.807) is 12.1 Å². The lowest BCUT2D eigenvalue weighted by molar-refractivity contribution is 0.110. The molecule has 3 unspecified atom stereocenters. The quantitative estimate of drug-likeness (QED) is 0.869. The van der Waals surface area contributed by atoms with Crippen LogP contribution in [0.2, 0.25) is 0 Å². The van der Waals surface area contributed by atoms with Gasteiger partial charge in [0.25, 0.3) is 0 Å². The fraction of sp³-hybridized carbons (Fsp3) is 0.647. The minimum Gasteiger partial charge on any atom is -0.508 e. The lowest BCUT2D eigenvalue weighted by Gasteiger charge is -2.40. The van der Waals surface area contributed by atoms with E-state index in [1.165, 1.54) is 12.0 Å². The monoisotopic (exact) mass is 276 g/mol. The molecule has 112 valence electrons. The molecule has 0 aromatic heterocycles. The largest absolute Gasteiger partial charge is 0.508 e. The predicted octanol–water partition coefficient (Wildman–Crippen LogP) is 2.77. The summed E-state index contributed by atoms with van der Waals surface area (Å²) in [6.07, 6.45) is 4.54. The van der Waals surface area contributed by atoms with Gasteiger partial charge in [-0.2, -0.15) is 0 Å². The summed E-state index contributed by atoms with van der Waals surface area (Å²) < 4.78 is 0. The molecule has 1 aromatic carbocycles. The second-order valence-corrected chi connectivity index (χ2v) is 6.17. The molecule has 0 saturated carbocycles. The number of hydrogen-bond acceptors (Lipinski definition) is 3. The van der Waals surface area contributed by atoms with Crippen molar-refractivity contribution in [1.29, 1.82) is 0 Å². The molecule has 1 aromatic rings. The van der Waals surface area contributed by atoms with Crippen LogP contribution in [-0.2, 0) is 6.42 Å². The molecule has 1 aliphatic rings. The van der Waals surface area contributed by atoms with Crippen molar-refractivity contribution in [3.63, 3.8) is 0 Å². The highest BCUT2D eigenvalue weighted by Crippen LogP contribution is 2.22. The van der Waals surface area contributed by atoms with Gasteiger partial charge in [0, 0.05) is 18.6 Å². The van der Waals surface area contributed by atoms with Crippen molar-refractivity contribution >= 4 is 0 Å². The summed E-state index contributed by atoms with van der Waals surface area (Å²) in [5.74, 6) is 0.998. The Hall–Kier alpha value is -1.06. The summed E-state index contributed by atoms with van der Waals surface area (Å²) in [6.45, 7) is 6.85. The zero-order valence-electron chi connectivity index (χ0n) is 12.8. The van der Waals surface area contributed by atoms with Gasteiger partial charge in [0.2, 0.25) is 0 Å². The van der Waals surface area contributed by atoms with E-state index in [-0.39, 0.29) is 0 Å². The zero-order valence-corrected chi connectivity index (χ0v) is 12.8. The summed E-state index contributed by atoms with van der Waals surface area (Å²) in [4.78, 5) is 2.60. The van der Waals surface area contributed by atoms with Crippen LogP contribution in [0.5, 0.6) is 5.75 Å². The number of aromatic hydroxyl groups is 1. The number of rotatable bonds is 5. The normalized spacial score (nSPS) is 25.6. The van der Waals surface area contributed by atoms with Gasteiger partial charge < -0.3 is 15.7 Å². The number of aryl methyl sites for hydroxylation is 1. The molecule has 2 rings (SSSR count). The molecule has 20 heavy (non-hydrogen) atoms. The molecule has 1 saturated heterocycles. The van der Waals surface area contributed by atoms with Gasteiger partial charge in [-0.05, 0) is 56.3 Å². The maximum atomic E-state index is 9.30. The van der Waals surface area contributed by atoms with E-state index in [0.717, 1.165) is 32.4 Å². The Balaban J connectivity index is 1.82. The Labute approximate surface area is 122 Å². The van der Waals surface area contributed by atoms with Crippen molar-refractivity contribution in [3.8, 4) is 5.75 Å². The Morgan fingerprint density at radius 1 is 1.35 bits per heavy atom. The van der Waals surface area contributed by atoms with Crippen molar-refractivity contribution in [2.45, 2.75) is 51.6 Å². The number of benzene rings is 1. The van der Waals surface area contributed by atoms with Gasteiger partial charge in [0.1, 0.15) is 5.75 Å². The summed E-state index contributed by atoms with van der Waals surface area (Å²) in [6, 6.07) is 8.57. The van der Waals surface area contributed by atoms with Crippen LogP contribution >= 0.6 is 0 Å². The molecule has 0 radical (unpaired) electrons. The van der Waals surface area contributed by atoms with Crippen LogP contribution in [0.1, 0.15) is 38.7 Å². The van der Waals surface area contributed by atoms with E-state index >= 15 is 0 Å². The first-order chi connectivity index (χ1) is 9.60. The molecule has 3 nitrogen and oxygen atoms in total. The SMILES string of the molecule is CCC1CN(C(C)CCc2ccc(O)cc2)CCC1N. The Kier molecular flexibility index (Phi) is 5.44. The summed E-state index contributed by atoms with van der Waals surface area (Å²) in [7, 11) is 0. The van der Waals surface area contributed by atoms with E-state index < -0.39 is 0 Å². The number of nitrogens with two attached hydrogens (primary N) is 1. The molecule has 3 N–H and O–H groups in total. The summed E-state index contributed by atoms with van der Waals surface area (Å²) in [5, 5.41) is 9.30. The van der Waals surface area contributed by atoms with Crippen molar-refractivity contribution in [2.75, 3.05) is 13.1 Å². The van der Waals surface area contributed by atoms with Crippen molar-refractivity contribution < 1.29 is 5.11 Å². The van der Waals surface area contributed by atoms with Gasteiger partial charge in [-0.25, -0.2) is 0 Å². The van der Waals surface area contributed by atoms with Crippen molar-refractivity contribution in [2.24, 2.45) is 11.7 Å². The smallest absolute Gasteiger partial charge is 0.115 e. The molecule has 0 bridgehead atoms. The van der Waals surface area contributed by atoms with Crippen LogP contribution in [0.15, 0.2) is 24.3 Å². The van der Waals surface area contributed by atoms with Gasteiger partial charge in [-0.1, -0.05) is 25.5 Å². The van der Waals surface area contributed by atoms with Crippen LogP contribution in [0, 0.1) is 5.92 Å². The second kappa shape index (κ2) is 7.09. The van der Waals surface area contributed by atoms with Crippen LogP contribution in [0.25, 0.3) is 0 Å². The molecule has 0 aliphatic carbocycles. The number of nitrogens with zero attached hydrogens (tertiary/aromatic N) is 1. The molecule has 0 amide bonds. The van der Waals surface area contributed by atoms with Gasteiger partial charge >= 0.3 is 0 Å². The van der Waals surface area contributed by atoms with E-state index in [0.29, 0.717) is 23.8 Å². The molecule has 1 fully saturated rings. The van der Waals surface area contributed by atoms with Gasteiger partial charge in [-0.15, -0.1) is 0 Å². The Bertz CT molecular complexity index is 404. The van der Waals surface area contributed by atoms with E-state index in [4.69, 9.17) is 5.73 Å². The van der Waals surface area contributed by atoms with E-state index in [2.05, 4.69) is 18.7 Å². The van der Waals surface area contributed by atoms with Crippen molar-refractivity contribution in [3.05, 3.63) is 29.8 Å². The Morgan fingerprint density at radius 2 is 2.05 bits per heavy atom. The average molecular weight is 276 g/mol. The third-order valence-electron chi connectivity index (χ3n) is 4.76. The lowest BCUT2D eigenvalue weighted by Crippen LogP contribution is -2.49. The number of hydrogen-bond donors (Lipinski definition) is 2. The van der Waals surface area contributed by atoms with Crippen LogP contribution in [0.3, 0.4) is 0 Å². The van der Waals surface area contributed by atoms with E-state index in [1.807, 2.05) is 12.1 Å². The second-order valence-electron chi connectivity index (χ2n) is 6.17. The molecular formula is C17H28N2O. The summed E-state index contributed by atoms with van der Waals surface area (Å²) in [5.41, 5.74) is 7.48. The minimum absolute atomic E-state index is 0.345. The summed E-state index contributed by atoms with van der Waals surface area (Å²) >= 11 is 0.